The highest BCUT2D eigenvalue weighted by Crippen LogP contribution is 2.31. The van der Waals surface area contributed by atoms with E-state index in [0.717, 1.165) is 12.0 Å². The van der Waals surface area contributed by atoms with Crippen LogP contribution in [0.15, 0.2) is 43.0 Å². The van der Waals surface area contributed by atoms with E-state index in [-0.39, 0.29) is 18.4 Å². The molecular formula is C19H24N4O3. The summed E-state index contributed by atoms with van der Waals surface area (Å²) >= 11 is 0. The molecule has 1 saturated heterocycles. The van der Waals surface area contributed by atoms with Gasteiger partial charge in [-0.15, -0.1) is 0 Å². The van der Waals surface area contributed by atoms with Gasteiger partial charge in [0, 0.05) is 45.2 Å². The van der Waals surface area contributed by atoms with Crippen molar-refractivity contribution in [1.82, 2.24) is 19.8 Å². The highest BCUT2D eigenvalue weighted by atomic mass is 16.5. The van der Waals surface area contributed by atoms with Crippen LogP contribution in [-0.2, 0) is 16.1 Å². The topological polar surface area (TPSA) is 76.5 Å². The standard InChI is InChI=1S/C19H24N4O3/c1-20-18(25)19(13-26-2)8-3-10-23(19)17(24)16-6-4-15(5-7-16)12-22-11-9-21-14-22/h4-7,9,11,14H,3,8,10,12-13H2,1-2H3,(H,20,25). The van der Waals surface area contributed by atoms with Crippen molar-refractivity contribution in [2.45, 2.75) is 24.9 Å². The van der Waals surface area contributed by atoms with Gasteiger partial charge in [-0.05, 0) is 30.5 Å². The van der Waals surface area contributed by atoms with Crippen LogP contribution < -0.4 is 5.32 Å². The van der Waals surface area contributed by atoms with Crippen molar-refractivity contribution in [3.05, 3.63) is 54.1 Å². The van der Waals surface area contributed by atoms with Crippen LogP contribution in [0.4, 0.5) is 0 Å². The SMILES string of the molecule is CNC(=O)C1(COC)CCCN1C(=O)c1ccc(Cn2ccnc2)cc1. The average molecular weight is 356 g/mol. The van der Waals surface area contributed by atoms with Gasteiger partial charge in [0.25, 0.3) is 5.91 Å². The van der Waals surface area contributed by atoms with Crippen LogP contribution in [0, 0.1) is 0 Å². The van der Waals surface area contributed by atoms with Crippen molar-refractivity contribution in [3.63, 3.8) is 0 Å². The summed E-state index contributed by atoms with van der Waals surface area (Å²) in [6.45, 7) is 1.44. The van der Waals surface area contributed by atoms with Crippen LogP contribution in [0.1, 0.15) is 28.8 Å². The molecule has 1 N–H and O–H groups in total. The summed E-state index contributed by atoms with van der Waals surface area (Å²) in [5.74, 6) is -0.320. The first-order valence-corrected chi connectivity index (χ1v) is 8.68. The third kappa shape index (κ3) is 3.35. The van der Waals surface area contributed by atoms with Gasteiger partial charge in [-0.1, -0.05) is 12.1 Å². The van der Waals surface area contributed by atoms with Gasteiger partial charge in [-0.3, -0.25) is 9.59 Å². The van der Waals surface area contributed by atoms with E-state index in [2.05, 4.69) is 10.3 Å². The lowest BCUT2D eigenvalue weighted by Crippen LogP contribution is -2.59. The molecule has 2 aromatic rings. The number of nitrogens with zero attached hydrogens (tertiary/aromatic N) is 3. The van der Waals surface area contributed by atoms with Crippen LogP contribution >= 0.6 is 0 Å². The van der Waals surface area contributed by atoms with Gasteiger partial charge in [0.05, 0.1) is 12.9 Å². The van der Waals surface area contributed by atoms with E-state index in [1.54, 1.807) is 31.6 Å². The number of likely N-dealkylation sites (tertiary alicyclic amines) is 1. The molecule has 1 aliphatic rings. The highest BCUT2D eigenvalue weighted by Gasteiger charge is 2.49. The Morgan fingerprint density at radius 2 is 2.08 bits per heavy atom. The van der Waals surface area contributed by atoms with Crippen LogP contribution in [0.25, 0.3) is 0 Å². The minimum Gasteiger partial charge on any atom is -0.382 e. The van der Waals surface area contributed by atoms with Gasteiger partial charge in [0.1, 0.15) is 5.54 Å². The third-order valence-electron chi connectivity index (χ3n) is 4.89. The number of likely N-dealkylation sites (N-methyl/N-ethyl adjacent to an activating group) is 1. The van der Waals surface area contributed by atoms with E-state index in [0.29, 0.717) is 25.1 Å². The average Bonchev–Trinajstić information content (AvgIpc) is 3.32. The second kappa shape index (κ2) is 7.70. The van der Waals surface area contributed by atoms with Gasteiger partial charge < -0.3 is 19.5 Å². The predicted octanol–water partition coefficient (Wildman–Crippen LogP) is 1.30. The van der Waals surface area contributed by atoms with E-state index in [4.69, 9.17) is 4.74 Å². The van der Waals surface area contributed by atoms with Crippen molar-refractivity contribution in [2.75, 3.05) is 27.3 Å². The molecule has 138 valence electrons. The summed E-state index contributed by atoms with van der Waals surface area (Å²) < 4.78 is 7.25. The van der Waals surface area contributed by atoms with E-state index < -0.39 is 5.54 Å². The van der Waals surface area contributed by atoms with E-state index in [9.17, 15) is 9.59 Å². The molecule has 1 aromatic carbocycles. The highest BCUT2D eigenvalue weighted by molar-refractivity contribution is 5.99. The van der Waals surface area contributed by atoms with Crippen molar-refractivity contribution >= 4 is 11.8 Å². The number of rotatable bonds is 6. The fourth-order valence-electron chi connectivity index (χ4n) is 3.60. The number of carbonyl (C=O) groups excluding carboxylic acids is 2. The zero-order chi connectivity index (χ0) is 18.6. The maximum atomic E-state index is 13.1. The van der Waals surface area contributed by atoms with Gasteiger partial charge >= 0.3 is 0 Å². The fourth-order valence-corrected chi connectivity index (χ4v) is 3.60. The van der Waals surface area contributed by atoms with E-state index in [1.165, 1.54) is 0 Å². The number of hydrogen-bond acceptors (Lipinski definition) is 4. The lowest BCUT2D eigenvalue weighted by molar-refractivity contribution is -0.133. The number of aromatic nitrogens is 2. The van der Waals surface area contributed by atoms with Crippen LogP contribution in [-0.4, -0.2) is 59.1 Å². The van der Waals surface area contributed by atoms with E-state index in [1.807, 2.05) is 35.0 Å². The summed E-state index contributed by atoms with van der Waals surface area (Å²) in [6.07, 6.45) is 6.77. The van der Waals surface area contributed by atoms with Crippen molar-refractivity contribution in [1.29, 1.82) is 0 Å². The Labute approximate surface area is 153 Å². The van der Waals surface area contributed by atoms with Gasteiger partial charge in [0.15, 0.2) is 0 Å². The first kappa shape index (κ1) is 18.1. The van der Waals surface area contributed by atoms with Crippen molar-refractivity contribution < 1.29 is 14.3 Å². The summed E-state index contributed by atoms with van der Waals surface area (Å²) in [7, 11) is 3.14. The molecule has 7 nitrogen and oxygen atoms in total. The number of nitrogens with one attached hydrogen (secondary N) is 1. The molecule has 1 aromatic heterocycles. The van der Waals surface area contributed by atoms with Crippen LogP contribution in [0.5, 0.6) is 0 Å². The Balaban J connectivity index is 1.80. The number of benzene rings is 1. The molecule has 0 bridgehead atoms. The second-order valence-electron chi connectivity index (χ2n) is 6.54. The summed E-state index contributed by atoms with van der Waals surface area (Å²) in [4.78, 5) is 31.3. The molecule has 7 heteroatoms. The molecular weight excluding hydrogens is 332 g/mol. The molecule has 0 aliphatic carbocycles. The molecule has 1 fully saturated rings. The molecule has 2 amide bonds. The van der Waals surface area contributed by atoms with Gasteiger partial charge in [-0.2, -0.15) is 0 Å². The molecule has 3 rings (SSSR count). The Kier molecular flexibility index (Phi) is 5.37. The minimum atomic E-state index is -0.934. The molecule has 0 spiro atoms. The number of amides is 2. The number of imidazole rings is 1. The largest absolute Gasteiger partial charge is 0.382 e. The third-order valence-corrected chi connectivity index (χ3v) is 4.89. The summed E-state index contributed by atoms with van der Waals surface area (Å²) in [5.41, 5.74) is 0.719. The summed E-state index contributed by atoms with van der Waals surface area (Å²) in [5, 5.41) is 2.68. The minimum absolute atomic E-state index is 0.141. The molecule has 1 aliphatic heterocycles. The second-order valence-corrected chi connectivity index (χ2v) is 6.54. The molecule has 2 heterocycles. The number of hydrogen-bond donors (Lipinski definition) is 1. The predicted molar refractivity (Wildman–Crippen MR) is 96.7 cm³/mol. The molecule has 1 unspecified atom stereocenters. The van der Waals surface area contributed by atoms with Crippen molar-refractivity contribution in [3.8, 4) is 0 Å². The van der Waals surface area contributed by atoms with Crippen molar-refractivity contribution in [2.24, 2.45) is 0 Å². The first-order valence-electron chi connectivity index (χ1n) is 8.68. The fraction of sp³-hybridized carbons (Fsp3) is 0.421. The Morgan fingerprint density at radius 3 is 2.69 bits per heavy atom. The van der Waals surface area contributed by atoms with E-state index >= 15 is 0 Å². The maximum Gasteiger partial charge on any atom is 0.254 e. The maximum absolute atomic E-state index is 13.1. The molecule has 0 radical (unpaired) electrons. The molecule has 1 atom stereocenters. The van der Waals surface area contributed by atoms with Crippen LogP contribution in [0.2, 0.25) is 0 Å². The van der Waals surface area contributed by atoms with Gasteiger partial charge in [-0.25, -0.2) is 4.98 Å². The Hall–Kier alpha value is -2.67. The monoisotopic (exact) mass is 356 g/mol. The lowest BCUT2D eigenvalue weighted by Gasteiger charge is -2.36. The number of methoxy groups -OCH3 is 1. The smallest absolute Gasteiger partial charge is 0.254 e. The van der Waals surface area contributed by atoms with Crippen LogP contribution in [0.3, 0.4) is 0 Å². The zero-order valence-corrected chi connectivity index (χ0v) is 15.1. The Bertz CT molecular complexity index is 758. The Morgan fingerprint density at radius 1 is 1.31 bits per heavy atom. The normalized spacial score (nSPS) is 19.5. The molecule has 0 saturated carbocycles. The van der Waals surface area contributed by atoms with Gasteiger partial charge in [0.2, 0.25) is 5.91 Å². The summed E-state index contributed by atoms with van der Waals surface area (Å²) in [6, 6.07) is 7.49. The lowest BCUT2D eigenvalue weighted by atomic mass is 9.95. The molecule has 26 heavy (non-hydrogen) atoms. The number of carbonyl (C=O) groups is 2. The first-order chi connectivity index (χ1) is 12.6. The quantitative estimate of drug-likeness (QED) is 0.846. The zero-order valence-electron chi connectivity index (χ0n) is 15.1. The number of ether oxygens (including phenoxy) is 1.